The Morgan fingerprint density at radius 3 is 2.00 bits per heavy atom. The number of ether oxygens (including phenoxy) is 2. The number of amides is 1. The van der Waals surface area contributed by atoms with Crippen LogP contribution >= 0.6 is 0 Å². The Hall–Kier alpha value is -4.65. The minimum atomic E-state index is -4.26. The summed E-state index contributed by atoms with van der Waals surface area (Å²) >= 11 is 0. The Bertz CT molecular complexity index is 1760. The third-order valence-corrected chi connectivity index (χ3v) is 7.93. The second-order valence-corrected chi connectivity index (χ2v) is 10.9. The summed E-state index contributed by atoms with van der Waals surface area (Å²) in [5.74, 6) is -9.55. The van der Waals surface area contributed by atoms with Crippen molar-refractivity contribution in [2.75, 3.05) is 18.5 Å². The van der Waals surface area contributed by atoms with E-state index >= 15 is 0 Å². The molecular weight excluding hydrogens is 577 g/mol. The monoisotopic (exact) mass is 602 g/mol. The molecule has 13 heteroatoms. The van der Waals surface area contributed by atoms with Crippen LogP contribution in [0.25, 0.3) is 10.9 Å². The highest BCUT2D eigenvalue weighted by Gasteiger charge is 2.36. The number of aromatic nitrogens is 1. The van der Waals surface area contributed by atoms with Gasteiger partial charge in [-0.15, -0.1) is 0 Å². The van der Waals surface area contributed by atoms with Gasteiger partial charge in [-0.25, -0.2) is 25.6 Å². The van der Waals surface area contributed by atoms with Crippen molar-refractivity contribution in [1.82, 2.24) is 3.97 Å². The molecule has 0 radical (unpaired) electrons. The molecule has 0 aliphatic carbocycles. The number of benzene rings is 3. The Labute approximate surface area is 238 Å². The largest absolute Gasteiger partial charge is 0.465 e. The van der Waals surface area contributed by atoms with Crippen molar-refractivity contribution in [2.24, 2.45) is 0 Å². The van der Waals surface area contributed by atoms with Gasteiger partial charge in [0.05, 0.1) is 23.6 Å². The minimum Gasteiger partial charge on any atom is -0.465 e. The molecule has 0 saturated carbocycles. The molecule has 0 bridgehead atoms. The molecule has 3 aromatic carbocycles. The van der Waals surface area contributed by atoms with E-state index in [0.717, 1.165) is 15.7 Å². The van der Waals surface area contributed by atoms with Crippen LogP contribution in [-0.4, -0.2) is 43.4 Å². The summed E-state index contributed by atoms with van der Waals surface area (Å²) in [6.45, 7) is 4.68. The highest BCUT2D eigenvalue weighted by Crippen LogP contribution is 2.34. The van der Waals surface area contributed by atoms with E-state index in [4.69, 9.17) is 9.47 Å². The Morgan fingerprint density at radius 1 is 0.881 bits per heavy atom. The molecule has 0 aliphatic heterocycles. The van der Waals surface area contributed by atoms with Crippen LogP contribution in [0, 0.1) is 24.4 Å². The highest BCUT2D eigenvalue weighted by atomic mass is 32.2. The molecule has 220 valence electrons. The lowest BCUT2D eigenvalue weighted by Crippen LogP contribution is -2.26. The lowest BCUT2D eigenvalue weighted by molar-refractivity contribution is -0.156. The summed E-state index contributed by atoms with van der Waals surface area (Å²) in [6.07, 6.45) is 1.11. The van der Waals surface area contributed by atoms with Crippen molar-refractivity contribution in [2.45, 2.75) is 31.6 Å². The van der Waals surface area contributed by atoms with Crippen molar-refractivity contribution in [3.05, 3.63) is 94.9 Å². The van der Waals surface area contributed by atoms with Gasteiger partial charge in [0.2, 0.25) is 0 Å². The van der Waals surface area contributed by atoms with Gasteiger partial charge in [0, 0.05) is 28.4 Å². The van der Waals surface area contributed by atoms with Gasteiger partial charge in [0.15, 0.2) is 23.4 Å². The quantitative estimate of drug-likeness (QED) is 0.161. The van der Waals surface area contributed by atoms with Gasteiger partial charge in [-0.05, 0) is 63.2 Å². The molecule has 4 aromatic rings. The number of hydrogen-bond donors (Lipinski definition) is 1. The SMILES string of the molecule is CCOC(=O)C(C(=O)OCC)c1cn(S(=O)(=O)c2ccc(C)cc2)c2ccc(NC(=O)c3cc(F)c(F)c(F)c3)cc12. The summed E-state index contributed by atoms with van der Waals surface area (Å²) in [5.41, 5.74) is 0.254. The van der Waals surface area contributed by atoms with Crippen LogP contribution in [-0.2, 0) is 29.1 Å². The van der Waals surface area contributed by atoms with Gasteiger partial charge in [-0.1, -0.05) is 17.7 Å². The van der Waals surface area contributed by atoms with Gasteiger partial charge in [-0.3, -0.25) is 14.4 Å². The predicted octanol–water partition coefficient (Wildman–Crippen LogP) is 5.07. The van der Waals surface area contributed by atoms with Crippen LogP contribution in [0.15, 0.2) is 65.7 Å². The van der Waals surface area contributed by atoms with E-state index in [1.165, 1.54) is 44.2 Å². The highest BCUT2D eigenvalue weighted by molar-refractivity contribution is 7.90. The molecule has 1 heterocycles. The standard InChI is InChI=1S/C29H25F3N2O7S/c1-4-40-28(36)25(29(37)41-5-2)21-15-34(42(38,39)19-9-6-16(3)7-10-19)24-11-8-18(14-20(21)24)33-27(35)17-12-22(30)26(32)23(31)13-17/h6-15,25H,4-5H2,1-3H3,(H,33,35). The van der Waals surface area contributed by atoms with Gasteiger partial charge in [-0.2, -0.15) is 0 Å². The third kappa shape index (κ3) is 5.86. The summed E-state index contributed by atoms with van der Waals surface area (Å²) in [6, 6.07) is 11.0. The molecule has 1 aromatic heterocycles. The fraction of sp³-hybridized carbons (Fsp3) is 0.207. The number of carbonyl (C=O) groups is 3. The molecule has 1 amide bonds. The normalized spacial score (nSPS) is 11.5. The summed E-state index contributed by atoms with van der Waals surface area (Å²) in [4.78, 5) is 38.6. The van der Waals surface area contributed by atoms with E-state index in [0.29, 0.717) is 12.1 Å². The summed E-state index contributed by atoms with van der Waals surface area (Å²) in [7, 11) is -4.26. The molecular formula is C29H25F3N2O7S. The maximum atomic E-state index is 13.7. The smallest absolute Gasteiger partial charge is 0.324 e. The topological polar surface area (TPSA) is 121 Å². The Balaban J connectivity index is 1.90. The maximum absolute atomic E-state index is 13.7. The summed E-state index contributed by atoms with van der Waals surface area (Å²) in [5, 5.41) is 2.46. The molecule has 9 nitrogen and oxygen atoms in total. The molecule has 0 aliphatic rings. The number of fused-ring (bicyclic) bond motifs is 1. The molecule has 0 unspecified atom stereocenters. The van der Waals surface area contributed by atoms with Crippen LogP contribution in [0.1, 0.15) is 41.3 Å². The number of anilines is 1. The molecule has 0 atom stereocenters. The van der Waals surface area contributed by atoms with Gasteiger partial charge < -0.3 is 14.8 Å². The molecule has 1 N–H and O–H groups in total. The number of nitrogens with zero attached hydrogens (tertiary/aromatic N) is 1. The molecule has 4 rings (SSSR count). The van der Waals surface area contributed by atoms with Gasteiger partial charge >= 0.3 is 11.9 Å². The van der Waals surface area contributed by atoms with E-state index in [2.05, 4.69) is 5.32 Å². The first kappa shape index (κ1) is 30.3. The fourth-order valence-electron chi connectivity index (χ4n) is 4.25. The lowest BCUT2D eigenvalue weighted by atomic mass is 9.98. The number of halogens is 3. The van der Waals surface area contributed by atoms with E-state index in [9.17, 15) is 36.0 Å². The zero-order valence-electron chi connectivity index (χ0n) is 22.6. The first-order valence-electron chi connectivity index (χ1n) is 12.6. The van der Waals surface area contributed by atoms with E-state index < -0.39 is 56.8 Å². The second kappa shape index (κ2) is 12.1. The van der Waals surface area contributed by atoms with Crippen molar-refractivity contribution >= 4 is 44.5 Å². The number of aryl methyl sites for hydroxylation is 1. The molecule has 42 heavy (non-hydrogen) atoms. The van der Waals surface area contributed by atoms with Crippen molar-refractivity contribution in [3.8, 4) is 0 Å². The van der Waals surface area contributed by atoms with E-state index in [-0.39, 0.29) is 40.3 Å². The van der Waals surface area contributed by atoms with Crippen LogP contribution in [0.3, 0.4) is 0 Å². The second-order valence-electron chi connectivity index (χ2n) is 9.08. The first-order valence-corrected chi connectivity index (χ1v) is 14.1. The van der Waals surface area contributed by atoms with E-state index in [1.807, 2.05) is 0 Å². The van der Waals surface area contributed by atoms with Crippen LogP contribution < -0.4 is 5.32 Å². The molecule has 0 saturated heterocycles. The zero-order chi connectivity index (χ0) is 30.8. The number of hydrogen-bond acceptors (Lipinski definition) is 7. The van der Waals surface area contributed by atoms with Crippen LogP contribution in [0.2, 0.25) is 0 Å². The molecule has 0 spiro atoms. The average molecular weight is 603 g/mol. The van der Waals surface area contributed by atoms with E-state index in [1.54, 1.807) is 19.1 Å². The third-order valence-electron chi connectivity index (χ3n) is 6.24. The molecule has 0 fully saturated rings. The maximum Gasteiger partial charge on any atom is 0.324 e. The van der Waals surface area contributed by atoms with Gasteiger partial charge in [0.1, 0.15) is 0 Å². The summed E-state index contributed by atoms with van der Waals surface area (Å²) < 4.78 is 79.2. The van der Waals surface area contributed by atoms with Crippen LogP contribution in [0.5, 0.6) is 0 Å². The van der Waals surface area contributed by atoms with Crippen molar-refractivity contribution in [1.29, 1.82) is 0 Å². The Morgan fingerprint density at radius 2 is 1.45 bits per heavy atom. The minimum absolute atomic E-state index is 0.0100. The number of nitrogens with one attached hydrogen (secondary N) is 1. The average Bonchev–Trinajstić information content (AvgIpc) is 3.31. The van der Waals surface area contributed by atoms with Crippen LogP contribution in [0.4, 0.5) is 18.9 Å². The van der Waals surface area contributed by atoms with Crippen molar-refractivity contribution < 1.29 is 45.4 Å². The number of rotatable bonds is 9. The van der Waals surface area contributed by atoms with Crippen molar-refractivity contribution in [3.63, 3.8) is 0 Å². The van der Waals surface area contributed by atoms with Gasteiger partial charge in [0.25, 0.3) is 15.9 Å². The lowest BCUT2D eigenvalue weighted by Gasteiger charge is -2.14. The first-order chi connectivity index (χ1) is 19.9. The number of esters is 2. The Kier molecular flexibility index (Phi) is 8.71. The predicted molar refractivity (Wildman–Crippen MR) is 146 cm³/mol. The fourth-order valence-corrected chi connectivity index (χ4v) is 5.62. The zero-order valence-corrected chi connectivity index (χ0v) is 23.4. The number of carbonyl (C=O) groups excluding carboxylic acids is 3.